The molecule has 2 aliphatic rings. The number of rotatable bonds is 3. The summed E-state index contributed by atoms with van der Waals surface area (Å²) in [5, 5.41) is 2.77. The Labute approximate surface area is 127 Å². The van der Waals surface area contributed by atoms with Crippen LogP contribution in [0.5, 0.6) is 5.75 Å². The Hall–Kier alpha value is -1.07. The van der Waals surface area contributed by atoms with Crippen molar-refractivity contribution in [1.29, 1.82) is 0 Å². The number of nitrogens with one attached hydrogen (secondary N) is 1. The quantitative estimate of drug-likeness (QED) is 0.917. The van der Waals surface area contributed by atoms with Gasteiger partial charge in [0.15, 0.2) is 0 Å². The molecule has 1 fully saturated rings. The van der Waals surface area contributed by atoms with Crippen molar-refractivity contribution in [3.63, 3.8) is 0 Å². The van der Waals surface area contributed by atoms with Gasteiger partial charge >= 0.3 is 0 Å². The molecule has 1 N–H and O–H groups in total. The fraction of sp³-hybridized carbons (Fsp3) is 0.533. The van der Waals surface area contributed by atoms with Crippen LogP contribution in [0.2, 0.25) is 0 Å². The van der Waals surface area contributed by atoms with Crippen LogP contribution in [0.25, 0.3) is 0 Å². The van der Waals surface area contributed by atoms with Gasteiger partial charge in [-0.1, -0.05) is 15.9 Å². The largest absolute Gasteiger partial charge is 0.493 e. The monoisotopic (exact) mass is 338 g/mol. The number of nitrogens with zero attached hydrogens (tertiary/aromatic N) is 1. The first kappa shape index (κ1) is 13.9. The lowest BCUT2D eigenvalue weighted by Crippen LogP contribution is -2.41. The second-order valence-corrected chi connectivity index (χ2v) is 6.31. The van der Waals surface area contributed by atoms with Crippen molar-refractivity contribution in [3.8, 4) is 5.75 Å². The Kier molecular flexibility index (Phi) is 3.98. The second kappa shape index (κ2) is 5.74. The highest BCUT2D eigenvalue weighted by molar-refractivity contribution is 9.10. The molecular formula is C15H19BrN2O2. The molecule has 0 aliphatic carbocycles. The summed E-state index contributed by atoms with van der Waals surface area (Å²) in [6.07, 6.45) is 2.99. The molecule has 20 heavy (non-hydrogen) atoms. The fourth-order valence-corrected chi connectivity index (χ4v) is 3.71. The van der Waals surface area contributed by atoms with Crippen molar-refractivity contribution in [2.24, 2.45) is 0 Å². The molecule has 1 atom stereocenters. The van der Waals surface area contributed by atoms with Crippen molar-refractivity contribution in [2.75, 3.05) is 20.2 Å². The van der Waals surface area contributed by atoms with E-state index >= 15 is 0 Å². The molecule has 2 aliphatic heterocycles. The van der Waals surface area contributed by atoms with Crippen LogP contribution >= 0.6 is 15.9 Å². The van der Waals surface area contributed by atoms with E-state index in [0.29, 0.717) is 0 Å². The zero-order chi connectivity index (χ0) is 14.1. The van der Waals surface area contributed by atoms with E-state index in [0.717, 1.165) is 49.2 Å². The summed E-state index contributed by atoms with van der Waals surface area (Å²) in [5.74, 6) is 1.14. The number of ether oxygens (including phenoxy) is 1. The van der Waals surface area contributed by atoms with Crippen LogP contribution in [0.15, 0.2) is 16.6 Å². The van der Waals surface area contributed by atoms with Crippen LogP contribution in [0.4, 0.5) is 0 Å². The van der Waals surface area contributed by atoms with E-state index < -0.39 is 0 Å². The molecule has 1 amide bonds. The van der Waals surface area contributed by atoms with Gasteiger partial charge < -0.3 is 10.1 Å². The van der Waals surface area contributed by atoms with Crippen molar-refractivity contribution >= 4 is 21.8 Å². The van der Waals surface area contributed by atoms with Gasteiger partial charge in [-0.3, -0.25) is 9.69 Å². The molecule has 0 spiro atoms. The van der Waals surface area contributed by atoms with E-state index in [-0.39, 0.29) is 11.9 Å². The van der Waals surface area contributed by atoms with Gasteiger partial charge in [-0.2, -0.15) is 0 Å². The highest BCUT2D eigenvalue weighted by Gasteiger charge is 2.31. The first-order valence-corrected chi connectivity index (χ1v) is 7.88. The Morgan fingerprint density at radius 2 is 2.40 bits per heavy atom. The van der Waals surface area contributed by atoms with Gasteiger partial charge in [-0.15, -0.1) is 0 Å². The average molecular weight is 339 g/mol. The second-order valence-electron chi connectivity index (χ2n) is 5.39. The third-order valence-electron chi connectivity index (χ3n) is 4.11. The molecule has 108 valence electrons. The molecule has 0 saturated carbocycles. The van der Waals surface area contributed by atoms with Crippen molar-refractivity contribution < 1.29 is 9.53 Å². The third-order valence-corrected chi connectivity index (χ3v) is 4.57. The zero-order valence-corrected chi connectivity index (χ0v) is 13.2. The van der Waals surface area contributed by atoms with E-state index in [9.17, 15) is 4.79 Å². The maximum absolute atomic E-state index is 11.9. The van der Waals surface area contributed by atoms with Crippen LogP contribution < -0.4 is 10.1 Å². The van der Waals surface area contributed by atoms with Crippen LogP contribution in [-0.2, 0) is 17.8 Å². The summed E-state index contributed by atoms with van der Waals surface area (Å²) in [6, 6.07) is 4.24. The minimum Gasteiger partial charge on any atom is -0.493 e. The zero-order valence-electron chi connectivity index (χ0n) is 11.6. The fourth-order valence-electron chi connectivity index (χ4n) is 3.16. The predicted molar refractivity (Wildman–Crippen MR) is 80.8 cm³/mol. The summed E-state index contributed by atoms with van der Waals surface area (Å²) in [5.41, 5.74) is 2.45. The SMILES string of the molecule is CNC(=O)C1CCCN1Cc1cc(Br)cc2c1OCC2. The molecule has 1 unspecified atom stereocenters. The highest BCUT2D eigenvalue weighted by Crippen LogP contribution is 2.34. The van der Waals surface area contributed by atoms with Gasteiger partial charge in [0.1, 0.15) is 5.75 Å². The van der Waals surface area contributed by atoms with Gasteiger partial charge in [-0.25, -0.2) is 0 Å². The van der Waals surface area contributed by atoms with Gasteiger partial charge in [-0.05, 0) is 37.1 Å². The standard InChI is InChI=1S/C15H19BrN2O2/c1-17-15(19)13-3-2-5-18(13)9-11-8-12(16)7-10-4-6-20-14(10)11/h7-8,13H,2-6,9H2,1H3,(H,17,19). The molecule has 0 bridgehead atoms. The Balaban J connectivity index is 1.83. The van der Waals surface area contributed by atoms with Crippen molar-refractivity contribution in [3.05, 3.63) is 27.7 Å². The predicted octanol–water partition coefficient (Wildman–Crippen LogP) is 2.09. The minimum absolute atomic E-state index is 0.00367. The van der Waals surface area contributed by atoms with Gasteiger partial charge in [0, 0.05) is 30.0 Å². The van der Waals surface area contributed by atoms with Crippen LogP contribution in [-0.4, -0.2) is 37.0 Å². The number of fused-ring (bicyclic) bond motifs is 1. The molecule has 5 heteroatoms. The lowest BCUT2D eigenvalue weighted by atomic mass is 10.1. The Morgan fingerprint density at radius 3 is 3.20 bits per heavy atom. The summed E-state index contributed by atoms with van der Waals surface area (Å²) in [6.45, 7) is 2.51. The number of likely N-dealkylation sites (N-methyl/N-ethyl adjacent to an activating group) is 1. The molecule has 1 aromatic carbocycles. The van der Waals surface area contributed by atoms with Crippen molar-refractivity contribution in [2.45, 2.75) is 31.8 Å². The smallest absolute Gasteiger partial charge is 0.237 e. The maximum Gasteiger partial charge on any atom is 0.237 e. The normalized spacial score (nSPS) is 21.6. The number of halogens is 1. The molecule has 0 aromatic heterocycles. The first-order valence-electron chi connectivity index (χ1n) is 7.09. The maximum atomic E-state index is 11.9. The molecule has 3 rings (SSSR count). The minimum atomic E-state index is -0.00367. The van der Waals surface area contributed by atoms with Crippen molar-refractivity contribution in [1.82, 2.24) is 10.2 Å². The Bertz CT molecular complexity index is 533. The third kappa shape index (κ3) is 2.56. The highest BCUT2D eigenvalue weighted by atomic mass is 79.9. The molecule has 1 saturated heterocycles. The topological polar surface area (TPSA) is 41.6 Å². The van der Waals surface area contributed by atoms with Crippen LogP contribution in [0, 0.1) is 0 Å². The number of amides is 1. The number of likely N-dealkylation sites (tertiary alicyclic amines) is 1. The Morgan fingerprint density at radius 1 is 1.55 bits per heavy atom. The van der Waals surface area contributed by atoms with E-state index in [2.05, 4.69) is 38.3 Å². The van der Waals surface area contributed by atoms with Gasteiger partial charge in [0.2, 0.25) is 5.91 Å². The lowest BCUT2D eigenvalue weighted by Gasteiger charge is -2.24. The van der Waals surface area contributed by atoms with Crippen LogP contribution in [0.1, 0.15) is 24.0 Å². The van der Waals surface area contributed by atoms with Crippen LogP contribution in [0.3, 0.4) is 0 Å². The van der Waals surface area contributed by atoms with E-state index in [4.69, 9.17) is 4.74 Å². The van der Waals surface area contributed by atoms with E-state index in [1.165, 1.54) is 11.1 Å². The first-order chi connectivity index (χ1) is 9.69. The summed E-state index contributed by atoms with van der Waals surface area (Å²) in [7, 11) is 1.71. The summed E-state index contributed by atoms with van der Waals surface area (Å²) in [4.78, 5) is 14.2. The average Bonchev–Trinajstić information content (AvgIpc) is 3.06. The molecule has 2 heterocycles. The molecule has 1 aromatic rings. The number of carbonyl (C=O) groups excluding carboxylic acids is 1. The van der Waals surface area contributed by atoms with Gasteiger partial charge in [0.25, 0.3) is 0 Å². The molecule has 0 radical (unpaired) electrons. The molecule has 4 nitrogen and oxygen atoms in total. The number of carbonyl (C=O) groups is 1. The number of hydrogen-bond donors (Lipinski definition) is 1. The number of hydrogen-bond acceptors (Lipinski definition) is 3. The number of benzene rings is 1. The van der Waals surface area contributed by atoms with E-state index in [1.807, 2.05) is 0 Å². The lowest BCUT2D eigenvalue weighted by molar-refractivity contribution is -0.125. The summed E-state index contributed by atoms with van der Waals surface area (Å²) < 4.78 is 6.86. The molecular weight excluding hydrogens is 320 g/mol. The van der Waals surface area contributed by atoms with Gasteiger partial charge in [0.05, 0.1) is 12.6 Å². The van der Waals surface area contributed by atoms with E-state index in [1.54, 1.807) is 7.05 Å². The summed E-state index contributed by atoms with van der Waals surface area (Å²) >= 11 is 3.57.